The largest absolute Gasteiger partial charge is 0.356 e. The second kappa shape index (κ2) is 6.05. The number of nitrogens with zero attached hydrogens (tertiary/aromatic N) is 1. The van der Waals surface area contributed by atoms with Gasteiger partial charge in [-0.3, -0.25) is 0 Å². The Hall–Kier alpha value is -0.950. The summed E-state index contributed by atoms with van der Waals surface area (Å²) in [4.78, 5) is 8.25. The Labute approximate surface area is 50.2 Å². The molecule has 0 saturated heterocycles. The molecule has 0 aromatic heterocycles. The van der Waals surface area contributed by atoms with Gasteiger partial charge in [-0.15, -0.1) is 0 Å². The highest BCUT2D eigenvalue weighted by Gasteiger charge is 1.61. The number of hydrogen-bond donors (Lipinski definition) is 2. The molecule has 0 radical (unpaired) electrons. The minimum atomic E-state index is -1.75. The van der Waals surface area contributed by atoms with Crippen molar-refractivity contribution < 1.29 is 10.8 Å². The highest BCUT2D eigenvalue weighted by atomic mass is 32.1. The molecule has 0 saturated carbocycles. The van der Waals surface area contributed by atoms with Crippen molar-refractivity contribution in [2.45, 2.75) is 0 Å². The van der Waals surface area contributed by atoms with Crippen LogP contribution in [0.25, 0.3) is 0 Å². The average molecular weight is 139 g/mol. The number of thiocarbonyl (C=S) groups is 1. The van der Waals surface area contributed by atoms with Crippen molar-refractivity contribution in [3.05, 3.63) is 15.3 Å². The summed E-state index contributed by atoms with van der Waals surface area (Å²) in [5.74, 6) is 0. The van der Waals surface area contributed by atoms with Gasteiger partial charge in [0.2, 0.25) is 0 Å². The molecule has 0 rings (SSSR count). The molecule has 0 amide bonds. The molecule has 48 valence electrons. The zero-order chi connectivity index (χ0) is 7.15. The highest BCUT2D eigenvalue weighted by Crippen LogP contribution is 1.44. The SMILES string of the molecule is NC([NH3+])=S.O=[N+]([O-])[O-]. The summed E-state index contributed by atoms with van der Waals surface area (Å²) >= 11 is 4.20. The van der Waals surface area contributed by atoms with Crippen LogP contribution in [-0.4, -0.2) is 10.2 Å². The summed E-state index contributed by atoms with van der Waals surface area (Å²) < 4.78 is 0. The second-order valence-electron chi connectivity index (χ2n) is 0.690. The van der Waals surface area contributed by atoms with Crippen LogP contribution in [0.2, 0.25) is 0 Å². The molecule has 0 aromatic rings. The minimum absolute atomic E-state index is 0.250. The molecule has 7 heteroatoms. The topological polar surface area (TPSA) is 120 Å². The normalized spacial score (nSPS) is 6.12. The molecule has 0 bridgehead atoms. The van der Waals surface area contributed by atoms with E-state index in [0.717, 1.165) is 0 Å². The molecule has 0 aliphatic heterocycles. The Morgan fingerprint density at radius 2 is 1.75 bits per heavy atom. The zero-order valence-corrected chi connectivity index (χ0v) is 4.68. The number of nitrogens with two attached hydrogens (primary N) is 1. The van der Waals surface area contributed by atoms with E-state index in [4.69, 9.17) is 21.1 Å². The quantitative estimate of drug-likeness (QED) is 0.234. The van der Waals surface area contributed by atoms with E-state index < -0.39 is 5.09 Å². The van der Waals surface area contributed by atoms with Crippen LogP contribution in [0.4, 0.5) is 0 Å². The van der Waals surface area contributed by atoms with Crippen LogP contribution in [0, 0.1) is 15.3 Å². The van der Waals surface area contributed by atoms with Crippen molar-refractivity contribution in [2.75, 3.05) is 0 Å². The van der Waals surface area contributed by atoms with Gasteiger partial charge in [0.05, 0.1) is 5.09 Å². The van der Waals surface area contributed by atoms with Crippen molar-refractivity contribution in [3.8, 4) is 0 Å². The maximum absolute atomic E-state index is 8.25. The third kappa shape index (κ3) is 91.8. The molecule has 0 atom stereocenters. The summed E-state index contributed by atoms with van der Waals surface area (Å²) in [5.41, 5.74) is 7.88. The Kier molecular flexibility index (Phi) is 7.65. The van der Waals surface area contributed by atoms with Crippen molar-refractivity contribution in [1.29, 1.82) is 0 Å². The molecule has 8 heavy (non-hydrogen) atoms. The third-order valence-corrected chi connectivity index (χ3v) is 0. The van der Waals surface area contributed by atoms with Crippen LogP contribution in [-0.2, 0) is 0 Å². The fourth-order valence-electron chi connectivity index (χ4n) is 0. The first-order valence-electron chi connectivity index (χ1n) is 1.39. The van der Waals surface area contributed by atoms with Gasteiger partial charge in [0.1, 0.15) is 0 Å². The first kappa shape index (κ1) is 10.1. The van der Waals surface area contributed by atoms with Gasteiger partial charge in [0, 0.05) is 12.2 Å². The summed E-state index contributed by atoms with van der Waals surface area (Å²) in [7, 11) is 0. The molecule has 0 aliphatic rings. The molecule has 0 spiro atoms. The van der Waals surface area contributed by atoms with E-state index >= 15 is 0 Å². The monoisotopic (exact) mass is 139 g/mol. The Balaban J connectivity index is 0. The number of hydrogen-bond acceptors (Lipinski definition) is 4. The number of rotatable bonds is 0. The van der Waals surface area contributed by atoms with Gasteiger partial charge in [0.15, 0.2) is 0 Å². The van der Waals surface area contributed by atoms with Gasteiger partial charge in [0.25, 0.3) is 5.11 Å². The first-order chi connectivity index (χ1) is 3.46. The summed E-state index contributed by atoms with van der Waals surface area (Å²) in [5, 5.41) is 15.0. The minimum Gasteiger partial charge on any atom is -0.356 e. The van der Waals surface area contributed by atoms with Gasteiger partial charge >= 0.3 is 0 Å². The standard InChI is InChI=1S/CH4N2S.NO3/c2*2-1(3)4/h(H4,2,3,4);/q;-1/p+1. The summed E-state index contributed by atoms with van der Waals surface area (Å²) in [6.45, 7) is 0. The molecule has 6 nitrogen and oxygen atoms in total. The molecule has 0 unspecified atom stereocenters. The van der Waals surface area contributed by atoms with E-state index in [1.165, 1.54) is 0 Å². The summed E-state index contributed by atoms with van der Waals surface area (Å²) in [6, 6.07) is 0. The Bertz CT molecular complexity index is 72.5. The lowest BCUT2D eigenvalue weighted by atomic mass is 11.3. The van der Waals surface area contributed by atoms with Crippen LogP contribution in [0.3, 0.4) is 0 Å². The van der Waals surface area contributed by atoms with E-state index in [-0.39, 0.29) is 5.11 Å². The second-order valence-corrected chi connectivity index (χ2v) is 1.21. The van der Waals surface area contributed by atoms with Gasteiger partial charge in [-0.05, 0) is 0 Å². The summed E-state index contributed by atoms with van der Waals surface area (Å²) in [6.07, 6.45) is 0. The lowest BCUT2D eigenvalue weighted by Crippen LogP contribution is -2.60. The van der Waals surface area contributed by atoms with Crippen LogP contribution < -0.4 is 11.5 Å². The fraction of sp³-hybridized carbons (Fsp3) is 0. The average Bonchev–Trinajstić information content (AvgIpc) is 1.25. The number of quaternary nitrogens is 1. The highest BCUT2D eigenvalue weighted by molar-refractivity contribution is 7.79. The van der Waals surface area contributed by atoms with E-state index in [1.807, 2.05) is 0 Å². The van der Waals surface area contributed by atoms with Gasteiger partial charge in [-0.1, -0.05) is 0 Å². The van der Waals surface area contributed by atoms with Gasteiger partial charge in [-0.25, -0.2) is 0 Å². The van der Waals surface area contributed by atoms with Crippen LogP contribution in [0.5, 0.6) is 0 Å². The van der Waals surface area contributed by atoms with Crippen LogP contribution in [0.15, 0.2) is 0 Å². The van der Waals surface area contributed by atoms with Crippen LogP contribution >= 0.6 is 12.2 Å². The predicted octanol–water partition coefficient (Wildman–Crippen LogP) is -1.77. The molecule has 0 aromatic carbocycles. The maximum Gasteiger partial charge on any atom is 0.262 e. The molecular formula is CH5N3O3S. The molecule has 0 fully saturated rings. The van der Waals surface area contributed by atoms with Crippen molar-refractivity contribution in [3.63, 3.8) is 0 Å². The molecular weight excluding hydrogens is 134 g/mol. The van der Waals surface area contributed by atoms with Crippen molar-refractivity contribution >= 4 is 17.3 Å². The van der Waals surface area contributed by atoms with Gasteiger partial charge < -0.3 is 26.8 Å². The van der Waals surface area contributed by atoms with Gasteiger partial charge in [-0.2, -0.15) is 0 Å². The molecule has 0 aliphatic carbocycles. The van der Waals surface area contributed by atoms with Crippen molar-refractivity contribution in [2.24, 2.45) is 5.73 Å². The van der Waals surface area contributed by atoms with Crippen molar-refractivity contribution in [1.82, 2.24) is 0 Å². The lowest BCUT2D eigenvalue weighted by molar-refractivity contribution is -0.402. The zero-order valence-electron chi connectivity index (χ0n) is 3.86. The molecule has 5 N–H and O–H groups in total. The Morgan fingerprint density at radius 3 is 1.75 bits per heavy atom. The smallest absolute Gasteiger partial charge is 0.262 e. The predicted molar refractivity (Wildman–Crippen MR) is 30.0 cm³/mol. The fourth-order valence-corrected chi connectivity index (χ4v) is 0. The maximum atomic E-state index is 8.25. The van der Waals surface area contributed by atoms with E-state index in [0.29, 0.717) is 0 Å². The Morgan fingerprint density at radius 1 is 1.75 bits per heavy atom. The lowest BCUT2D eigenvalue weighted by Gasteiger charge is -1.74. The van der Waals surface area contributed by atoms with Crippen LogP contribution in [0.1, 0.15) is 0 Å². The molecule has 0 heterocycles. The van der Waals surface area contributed by atoms with E-state index in [9.17, 15) is 0 Å². The van der Waals surface area contributed by atoms with E-state index in [2.05, 4.69) is 18.0 Å². The first-order valence-corrected chi connectivity index (χ1v) is 1.80. The van der Waals surface area contributed by atoms with E-state index in [1.54, 1.807) is 0 Å². The third-order valence-electron chi connectivity index (χ3n) is 0.